The molecule has 0 aliphatic carbocycles. The molecule has 3 aromatic carbocycles. The second-order valence-corrected chi connectivity index (χ2v) is 7.29. The first-order chi connectivity index (χ1) is 14.6. The summed E-state index contributed by atoms with van der Waals surface area (Å²) in [4.78, 5) is 12.1. The highest BCUT2D eigenvalue weighted by molar-refractivity contribution is 9.10. The number of hydrazone groups is 1. The van der Waals surface area contributed by atoms with Gasteiger partial charge in [0.25, 0.3) is 5.91 Å². The molecule has 3 aromatic rings. The summed E-state index contributed by atoms with van der Waals surface area (Å²) in [5.74, 6) is 0.580. The smallest absolute Gasteiger partial charge is 0.273 e. The Morgan fingerprint density at radius 2 is 1.93 bits per heavy atom. The number of hydrogen-bond donors (Lipinski definition) is 2. The van der Waals surface area contributed by atoms with Crippen molar-refractivity contribution in [2.24, 2.45) is 5.10 Å². The molecule has 3 rings (SSSR count). The number of rotatable bonds is 8. The van der Waals surface area contributed by atoms with Crippen LogP contribution in [0.3, 0.4) is 0 Å². The first-order valence-corrected chi connectivity index (χ1v) is 9.97. The zero-order chi connectivity index (χ0) is 21.3. The monoisotopic (exact) mass is 468 g/mol. The second kappa shape index (κ2) is 10.6. The third kappa shape index (κ3) is 5.92. The van der Waals surface area contributed by atoms with Gasteiger partial charge in [-0.15, -0.1) is 0 Å². The Bertz CT molecular complexity index is 1020. The van der Waals surface area contributed by atoms with E-state index >= 15 is 0 Å². The summed E-state index contributed by atoms with van der Waals surface area (Å²) < 4.78 is 12.2. The highest BCUT2D eigenvalue weighted by Gasteiger charge is 2.16. The van der Waals surface area contributed by atoms with Crippen molar-refractivity contribution in [3.63, 3.8) is 0 Å². The van der Waals surface area contributed by atoms with Gasteiger partial charge < -0.3 is 14.6 Å². The minimum Gasteiger partial charge on any atom is -0.497 e. The average molecular weight is 469 g/mol. The summed E-state index contributed by atoms with van der Waals surface area (Å²) >= 11 is 3.44. The van der Waals surface area contributed by atoms with Crippen molar-refractivity contribution in [1.29, 1.82) is 0 Å². The van der Waals surface area contributed by atoms with Crippen molar-refractivity contribution in [3.8, 4) is 11.5 Å². The van der Waals surface area contributed by atoms with Gasteiger partial charge in [0.2, 0.25) is 0 Å². The normalized spacial score (nSPS) is 11.8. The molecule has 0 radical (unpaired) electrons. The van der Waals surface area contributed by atoms with Crippen molar-refractivity contribution in [1.82, 2.24) is 5.43 Å². The summed E-state index contributed by atoms with van der Waals surface area (Å²) in [5.41, 5.74) is 4.47. The van der Waals surface area contributed by atoms with E-state index in [9.17, 15) is 9.90 Å². The van der Waals surface area contributed by atoms with E-state index in [1.807, 2.05) is 30.3 Å². The topological polar surface area (TPSA) is 80.2 Å². The lowest BCUT2D eigenvalue weighted by atomic mass is 10.1. The van der Waals surface area contributed by atoms with Crippen LogP contribution in [-0.4, -0.2) is 24.3 Å². The minimum atomic E-state index is -1.30. The van der Waals surface area contributed by atoms with Crippen LogP contribution >= 0.6 is 15.9 Å². The van der Waals surface area contributed by atoms with Gasteiger partial charge in [0.05, 0.1) is 13.3 Å². The number of nitrogens with zero attached hydrogens (tertiary/aromatic N) is 1. The maximum absolute atomic E-state index is 12.1. The van der Waals surface area contributed by atoms with Crippen LogP contribution in [0.4, 0.5) is 0 Å². The van der Waals surface area contributed by atoms with Crippen LogP contribution in [0.15, 0.2) is 82.4 Å². The van der Waals surface area contributed by atoms with Crippen molar-refractivity contribution in [2.75, 3.05) is 7.11 Å². The Morgan fingerprint density at radius 1 is 1.13 bits per heavy atom. The molecular formula is C23H21BrN2O4. The van der Waals surface area contributed by atoms with E-state index in [1.165, 1.54) is 6.21 Å². The van der Waals surface area contributed by atoms with Crippen LogP contribution in [0.5, 0.6) is 11.5 Å². The predicted molar refractivity (Wildman–Crippen MR) is 119 cm³/mol. The number of aliphatic hydroxyl groups is 1. The van der Waals surface area contributed by atoms with Gasteiger partial charge in [-0.25, -0.2) is 5.43 Å². The number of carbonyl (C=O) groups excluding carboxylic acids is 1. The molecule has 0 aromatic heterocycles. The van der Waals surface area contributed by atoms with Crippen LogP contribution in [-0.2, 0) is 11.4 Å². The van der Waals surface area contributed by atoms with E-state index in [4.69, 9.17) is 9.47 Å². The third-order valence-corrected chi connectivity index (χ3v) is 4.74. The van der Waals surface area contributed by atoms with Gasteiger partial charge in [0.15, 0.2) is 6.10 Å². The molecule has 1 atom stereocenters. The van der Waals surface area contributed by atoms with E-state index in [2.05, 4.69) is 26.5 Å². The fourth-order valence-corrected chi connectivity index (χ4v) is 3.13. The van der Waals surface area contributed by atoms with Gasteiger partial charge >= 0.3 is 0 Å². The molecule has 0 aliphatic rings. The second-order valence-electron chi connectivity index (χ2n) is 6.37. The maximum atomic E-state index is 12.1. The molecule has 0 bridgehead atoms. The Labute approximate surface area is 183 Å². The van der Waals surface area contributed by atoms with Gasteiger partial charge in [-0.2, -0.15) is 5.10 Å². The fraction of sp³-hybridized carbons (Fsp3) is 0.130. The molecule has 0 spiro atoms. The molecule has 0 fully saturated rings. The van der Waals surface area contributed by atoms with Gasteiger partial charge in [0, 0.05) is 10.0 Å². The SMILES string of the molecule is COc1ccc(OCc2cccc(Br)c2)c(C=NNC(=O)C(O)c2ccccc2)c1. The number of methoxy groups -OCH3 is 1. The number of halogens is 1. The molecule has 0 saturated carbocycles. The molecular weight excluding hydrogens is 448 g/mol. The van der Waals surface area contributed by atoms with Gasteiger partial charge in [-0.1, -0.05) is 58.4 Å². The van der Waals surface area contributed by atoms with Gasteiger partial charge in [0.1, 0.15) is 18.1 Å². The summed E-state index contributed by atoms with van der Waals surface area (Å²) in [6.07, 6.45) is 0.148. The Kier molecular flexibility index (Phi) is 7.59. The highest BCUT2D eigenvalue weighted by atomic mass is 79.9. The predicted octanol–water partition coefficient (Wildman–Crippen LogP) is 4.22. The summed E-state index contributed by atoms with van der Waals surface area (Å²) in [6, 6.07) is 21.8. The number of carbonyl (C=O) groups is 1. The van der Waals surface area contributed by atoms with E-state index in [0.29, 0.717) is 29.2 Å². The Hall–Kier alpha value is -3.16. The van der Waals surface area contributed by atoms with E-state index in [0.717, 1.165) is 10.0 Å². The first-order valence-electron chi connectivity index (χ1n) is 9.18. The van der Waals surface area contributed by atoms with Gasteiger partial charge in [-0.3, -0.25) is 4.79 Å². The lowest BCUT2D eigenvalue weighted by Gasteiger charge is -2.11. The van der Waals surface area contributed by atoms with E-state index in [1.54, 1.807) is 49.6 Å². The third-order valence-electron chi connectivity index (χ3n) is 4.24. The number of hydrogen-bond acceptors (Lipinski definition) is 5. The van der Waals surface area contributed by atoms with Crippen molar-refractivity contribution in [2.45, 2.75) is 12.7 Å². The number of aliphatic hydroxyl groups excluding tert-OH is 1. The lowest BCUT2D eigenvalue weighted by molar-refractivity contribution is -0.129. The van der Waals surface area contributed by atoms with Crippen LogP contribution in [0.1, 0.15) is 22.8 Å². The summed E-state index contributed by atoms with van der Waals surface area (Å²) in [6.45, 7) is 0.367. The number of amides is 1. The molecule has 1 amide bonds. The Morgan fingerprint density at radius 3 is 2.67 bits per heavy atom. The largest absolute Gasteiger partial charge is 0.497 e. The lowest BCUT2D eigenvalue weighted by Crippen LogP contribution is -2.25. The van der Waals surface area contributed by atoms with Crippen LogP contribution < -0.4 is 14.9 Å². The molecule has 2 N–H and O–H groups in total. The Balaban J connectivity index is 1.69. The molecule has 6 nitrogen and oxygen atoms in total. The molecule has 0 heterocycles. The zero-order valence-corrected chi connectivity index (χ0v) is 17.9. The average Bonchev–Trinajstić information content (AvgIpc) is 2.78. The summed E-state index contributed by atoms with van der Waals surface area (Å²) in [5, 5.41) is 14.1. The van der Waals surface area contributed by atoms with Crippen molar-refractivity contribution < 1.29 is 19.4 Å². The first kappa shape index (κ1) is 21.5. The number of nitrogens with one attached hydrogen (secondary N) is 1. The molecule has 0 saturated heterocycles. The quantitative estimate of drug-likeness (QED) is 0.383. The van der Waals surface area contributed by atoms with Crippen LogP contribution in [0.25, 0.3) is 0 Å². The molecule has 0 aliphatic heterocycles. The molecule has 30 heavy (non-hydrogen) atoms. The zero-order valence-electron chi connectivity index (χ0n) is 16.3. The minimum absolute atomic E-state index is 0.367. The maximum Gasteiger partial charge on any atom is 0.273 e. The highest BCUT2D eigenvalue weighted by Crippen LogP contribution is 2.24. The van der Waals surface area contributed by atoms with Crippen LogP contribution in [0, 0.1) is 0 Å². The van der Waals surface area contributed by atoms with Crippen molar-refractivity contribution in [3.05, 3.63) is 94.0 Å². The standard InChI is InChI=1S/C23H21BrN2O4/c1-29-20-10-11-21(30-15-16-6-5-9-19(24)12-16)18(13-20)14-25-26-23(28)22(27)17-7-3-2-4-8-17/h2-14,22,27H,15H2,1H3,(H,26,28). The van der Waals surface area contributed by atoms with E-state index in [-0.39, 0.29) is 0 Å². The van der Waals surface area contributed by atoms with Crippen LogP contribution in [0.2, 0.25) is 0 Å². The summed E-state index contributed by atoms with van der Waals surface area (Å²) in [7, 11) is 1.57. The number of benzene rings is 3. The molecule has 154 valence electrons. The molecule has 7 heteroatoms. The molecule has 1 unspecified atom stereocenters. The van der Waals surface area contributed by atoms with Crippen molar-refractivity contribution >= 4 is 28.1 Å². The fourth-order valence-electron chi connectivity index (χ4n) is 2.69. The van der Waals surface area contributed by atoms with E-state index < -0.39 is 12.0 Å². The van der Waals surface area contributed by atoms with Gasteiger partial charge in [-0.05, 0) is 41.5 Å². The number of ether oxygens (including phenoxy) is 2.